The summed E-state index contributed by atoms with van der Waals surface area (Å²) in [6, 6.07) is 8.65. The van der Waals surface area contributed by atoms with Gasteiger partial charge >= 0.3 is 6.18 Å². The molecule has 0 aliphatic rings. The second kappa shape index (κ2) is 4.35. The van der Waals surface area contributed by atoms with Crippen LogP contribution < -0.4 is 5.84 Å². The first-order valence-electron chi connectivity index (χ1n) is 4.23. The quantitative estimate of drug-likeness (QED) is 0.621. The van der Waals surface area contributed by atoms with Gasteiger partial charge in [0.25, 0.3) is 0 Å². The van der Waals surface area contributed by atoms with E-state index < -0.39 is 11.9 Å². The summed E-state index contributed by atoms with van der Waals surface area (Å²) in [4.78, 5) is 0. The fourth-order valence-electron chi connectivity index (χ4n) is 1.04. The van der Waals surface area contributed by atoms with Crippen molar-refractivity contribution >= 4 is 0 Å². The molecule has 0 amide bonds. The maximum absolute atomic E-state index is 12.2. The molecule has 0 aromatic heterocycles. The number of alkyl halides is 3. The third kappa shape index (κ3) is 3.28. The molecule has 1 aromatic rings. The maximum atomic E-state index is 12.2. The van der Waals surface area contributed by atoms with Crippen LogP contribution in [0, 0.1) is 0 Å². The Morgan fingerprint density at radius 3 is 2.27 bits per heavy atom. The van der Waals surface area contributed by atoms with Gasteiger partial charge in [0.05, 0.1) is 6.54 Å². The molecule has 0 atom stereocenters. The number of nitrogens with zero attached hydrogens (tertiary/aromatic N) is 1. The maximum Gasteiger partial charge on any atom is 0.431 e. The molecule has 82 valence electrons. The molecule has 0 radical (unpaired) electrons. The molecular formula is C10H11F3N2. The summed E-state index contributed by atoms with van der Waals surface area (Å²) < 4.78 is 36.5. The second-order valence-electron chi connectivity index (χ2n) is 3.06. The van der Waals surface area contributed by atoms with Gasteiger partial charge in [0.1, 0.15) is 5.70 Å². The summed E-state index contributed by atoms with van der Waals surface area (Å²) in [6.45, 7) is 2.88. The predicted octanol–water partition coefficient (Wildman–Crippen LogP) is 2.44. The number of hydrogen-bond donors (Lipinski definition) is 1. The van der Waals surface area contributed by atoms with Gasteiger partial charge in [-0.2, -0.15) is 13.2 Å². The number of rotatable bonds is 3. The van der Waals surface area contributed by atoms with Crippen molar-refractivity contribution in [2.24, 2.45) is 5.84 Å². The van der Waals surface area contributed by atoms with E-state index in [0.29, 0.717) is 10.6 Å². The molecule has 0 aliphatic carbocycles. The molecule has 0 aliphatic heterocycles. The first-order chi connectivity index (χ1) is 6.91. The second-order valence-corrected chi connectivity index (χ2v) is 3.06. The minimum Gasteiger partial charge on any atom is -0.303 e. The Hall–Kier alpha value is -1.49. The molecule has 2 nitrogen and oxygen atoms in total. The summed E-state index contributed by atoms with van der Waals surface area (Å²) in [6.07, 6.45) is -4.48. The van der Waals surface area contributed by atoms with Crippen LogP contribution in [0.15, 0.2) is 42.6 Å². The molecule has 0 fully saturated rings. The molecule has 0 bridgehead atoms. The summed E-state index contributed by atoms with van der Waals surface area (Å²) in [5, 5.41) is 0.593. The number of halogens is 3. The highest BCUT2D eigenvalue weighted by atomic mass is 19.4. The van der Waals surface area contributed by atoms with E-state index in [0.717, 1.165) is 0 Å². The minimum absolute atomic E-state index is 0.0147. The smallest absolute Gasteiger partial charge is 0.303 e. The first kappa shape index (κ1) is 11.6. The lowest BCUT2D eigenvalue weighted by Crippen LogP contribution is -2.35. The van der Waals surface area contributed by atoms with Gasteiger partial charge in [-0.05, 0) is 5.56 Å². The van der Waals surface area contributed by atoms with Crippen molar-refractivity contribution in [1.82, 2.24) is 5.01 Å². The normalized spacial score (nSPS) is 11.2. The fraction of sp³-hybridized carbons (Fsp3) is 0.200. The molecule has 0 spiro atoms. The summed E-state index contributed by atoms with van der Waals surface area (Å²) >= 11 is 0. The Balaban J connectivity index is 2.65. The highest BCUT2D eigenvalue weighted by Gasteiger charge is 2.34. The van der Waals surface area contributed by atoms with Gasteiger partial charge in [0.2, 0.25) is 0 Å². The van der Waals surface area contributed by atoms with E-state index in [1.807, 2.05) is 0 Å². The monoisotopic (exact) mass is 216 g/mol. The third-order valence-corrected chi connectivity index (χ3v) is 1.87. The van der Waals surface area contributed by atoms with Gasteiger partial charge in [-0.3, -0.25) is 0 Å². The van der Waals surface area contributed by atoms with Crippen molar-refractivity contribution in [3.8, 4) is 0 Å². The molecule has 15 heavy (non-hydrogen) atoms. The largest absolute Gasteiger partial charge is 0.431 e. The minimum atomic E-state index is -4.48. The lowest BCUT2D eigenvalue weighted by Gasteiger charge is -2.22. The molecular weight excluding hydrogens is 205 g/mol. The Morgan fingerprint density at radius 1 is 1.27 bits per heavy atom. The van der Waals surface area contributed by atoms with Gasteiger partial charge in [0.15, 0.2) is 0 Å². The van der Waals surface area contributed by atoms with Crippen LogP contribution in [0.4, 0.5) is 13.2 Å². The number of hydrazine groups is 1. The Labute approximate surface area is 85.8 Å². The predicted molar refractivity (Wildman–Crippen MR) is 51.4 cm³/mol. The van der Waals surface area contributed by atoms with E-state index in [4.69, 9.17) is 5.84 Å². The zero-order valence-corrected chi connectivity index (χ0v) is 7.96. The van der Waals surface area contributed by atoms with Crippen LogP contribution in [0.2, 0.25) is 0 Å². The SMILES string of the molecule is C=C(N(N)Cc1ccccc1)C(F)(F)F. The number of allylic oxidation sites excluding steroid dienone is 1. The molecule has 2 N–H and O–H groups in total. The van der Waals surface area contributed by atoms with Gasteiger partial charge in [0, 0.05) is 0 Å². The van der Waals surface area contributed by atoms with Crippen molar-refractivity contribution in [3.05, 3.63) is 48.2 Å². The van der Waals surface area contributed by atoms with E-state index >= 15 is 0 Å². The molecule has 0 saturated carbocycles. The molecule has 0 saturated heterocycles. The van der Waals surface area contributed by atoms with Crippen LogP contribution >= 0.6 is 0 Å². The van der Waals surface area contributed by atoms with E-state index in [-0.39, 0.29) is 6.54 Å². The van der Waals surface area contributed by atoms with Crippen LogP contribution in [0.25, 0.3) is 0 Å². The van der Waals surface area contributed by atoms with Crippen molar-refractivity contribution < 1.29 is 13.2 Å². The Kier molecular flexibility index (Phi) is 3.36. The summed E-state index contributed by atoms with van der Waals surface area (Å²) in [5.41, 5.74) is -0.350. The van der Waals surface area contributed by atoms with Gasteiger partial charge in [-0.1, -0.05) is 36.9 Å². The van der Waals surface area contributed by atoms with Crippen LogP contribution in [0.1, 0.15) is 5.56 Å². The average Bonchev–Trinajstić information content (AvgIpc) is 2.16. The highest BCUT2D eigenvalue weighted by Crippen LogP contribution is 2.25. The van der Waals surface area contributed by atoms with E-state index in [1.165, 1.54) is 0 Å². The van der Waals surface area contributed by atoms with Crippen molar-refractivity contribution in [2.75, 3.05) is 0 Å². The van der Waals surface area contributed by atoms with Crippen molar-refractivity contribution in [1.29, 1.82) is 0 Å². The van der Waals surface area contributed by atoms with Crippen LogP contribution in [0.5, 0.6) is 0 Å². The Bertz CT molecular complexity index is 332. The first-order valence-corrected chi connectivity index (χ1v) is 4.23. The lowest BCUT2D eigenvalue weighted by molar-refractivity contribution is -0.112. The summed E-state index contributed by atoms with van der Waals surface area (Å²) in [5.74, 6) is 5.25. The highest BCUT2D eigenvalue weighted by molar-refractivity contribution is 5.15. The van der Waals surface area contributed by atoms with Crippen LogP contribution in [0.3, 0.4) is 0 Å². The van der Waals surface area contributed by atoms with Gasteiger partial charge < -0.3 is 5.01 Å². The topological polar surface area (TPSA) is 29.3 Å². The molecule has 0 heterocycles. The lowest BCUT2D eigenvalue weighted by atomic mass is 10.2. The third-order valence-electron chi connectivity index (χ3n) is 1.87. The van der Waals surface area contributed by atoms with Crippen molar-refractivity contribution in [2.45, 2.75) is 12.7 Å². The van der Waals surface area contributed by atoms with Crippen molar-refractivity contribution in [3.63, 3.8) is 0 Å². The molecule has 0 unspecified atom stereocenters. The zero-order valence-electron chi connectivity index (χ0n) is 7.96. The average molecular weight is 216 g/mol. The molecule has 1 rings (SSSR count). The Morgan fingerprint density at radius 2 is 1.80 bits per heavy atom. The van der Waals surface area contributed by atoms with E-state index in [9.17, 15) is 13.2 Å². The standard InChI is InChI=1S/C10H11F3N2/c1-8(10(11,12)13)15(14)7-9-5-3-2-4-6-9/h2-6H,1,7,14H2. The van der Waals surface area contributed by atoms with Crippen LogP contribution in [-0.4, -0.2) is 11.2 Å². The van der Waals surface area contributed by atoms with Gasteiger partial charge in [-0.15, -0.1) is 0 Å². The van der Waals surface area contributed by atoms with Crippen LogP contribution in [-0.2, 0) is 6.54 Å². The zero-order chi connectivity index (χ0) is 11.5. The summed E-state index contributed by atoms with van der Waals surface area (Å²) in [7, 11) is 0. The number of nitrogens with two attached hydrogens (primary N) is 1. The number of hydrogen-bond acceptors (Lipinski definition) is 2. The number of benzene rings is 1. The van der Waals surface area contributed by atoms with E-state index in [1.54, 1.807) is 30.3 Å². The van der Waals surface area contributed by atoms with E-state index in [2.05, 4.69) is 6.58 Å². The molecule has 1 aromatic carbocycles. The fourth-order valence-corrected chi connectivity index (χ4v) is 1.04. The molecule has 5 heteroatoms. The van der Waals surface area contributed by atoms with Gasteiger partial charge in [-0.25, -0.2) is 5.84 Å².